The van der Waals surface area contributed by atoms with Crippen LogP contribution in [0.15, 0.2) is 48.9 Å². The van der Waals surface area contributed by atoms with Crippen LogP contribution in [0, 0.1) is 0 Å². The number of hydrogen-bond donors (Lipinski definition) is 3. The molecule has 1 atom stereocenters. The predicted molar refractivity (Wildman–Crippen MR) is 122 cm³/mol. The SMILES string of the molecule is O=C1NCCCNc2cc(ccn2)-c2ncnc(n2)Nc2cccc(c2)CN2CCC[C@@H]12. The minimum Gasteiger partial charge on any atom is -0.370 e. The maximum atomic E-state index is 12.8. The Labute approximate surface area is 186 Å². The van der Waals surface area contributed by atoms with E-state index < -0.39 is 0 Å². The average Bonchev–Trinajstić information content (AvgIpc) is 3.27. The van der Waals surface area contributed by atoms with Crippen LogP contribution in [-0.4, -0.2) is 56.4 Å². The summed E-state index contributed by atoms with van der Waals surface area (Å²) in [5.41, 5.74) is 2.90. The number of nitrogens with one attached hydrogen (secondary N) is 3. The Morgan fingerprint density at radius 2 is 1.94 bits per heavy atom. The van der Waals surface area contributed by atoms with E-state index >= 15 is 0 Å². The van der Waals surface area contributed by atoms with Crippen molar-refractivity contribution in [2.24, 2.45) is 0 Å². The Bertz CT molecular complexity index is 1100. The second kappa shape index (κ2) is 9.27. The van der Waals surface area contributed by atoms with E-state index in [0.29, 0.717) is 24.9 Å². The van der Waals surface area contributed by atoms with Crippen LogP contribution in [0.3, 0.4) is 0 Å². The Hall–Kier alpha value is -3.59. The topological polar surface area (TPSA) is 108 Å². The van der Waals surface area contributed by atoms with Crippen molar-refractivity contribution in [3.8, 4) is 11.4 Å². The first kappa shape index (κ1) is 20.3. The Morgan fingerprint density at radius 1 is 1.00 bits per heavy atom. The maximum Gasteiger partial charge on any atom is 0.237 e. The first-order valence-corrected chi connectivity index (χ1v) is 11.0. The third-order valence-corrected chi connectivity index (χ3v) is 5.78. The summed E-state index contributed by atoms with van der Waals surface area (Å²) in [6.45, 7) is 3.00. The summed E-state index contributed by atoms with van der Waals surface area (Å²) in [5.74, 6) is 1.92. The molecule has 0 radical (unpaired) electrons. The van der Waals surface area contributed by atoms with Crippen LogP contribution in [0.25, 0.3) is 11.4 Å². The molecule has 1 fully saturated rings. The lowest BCUT2D eigenvalue weighted by Crippen LogP contribution is -2.43. The molecule has 1 aromatic carbocycles. The molecule has 9 heteroatoms. The first-order valence-electron chi connectivity index (χ1n) is 11.0. The van der Waals surface area contributed by atoms with E-state index in [4.69, 9.17) is 0 Å². The van der Waals surface area contributed by atoms with Crippen molar-refractivity contribution in [2.75, 3.05) is 30.3 Å². The maximum absolute atomic E-state index is 12.8. The van der Waals surface area contributed by atoms with E-state index in [1.807, 2.05) is 24.3 Å². The van der Waals surface area contributed by atoms with Crippen molar-refractivity contribution < 1.29 is 4.79 Å². The van der Waals surface area contributed by atoms with Crippen molar-refractivity contribution >= 4 is 23.4 Å². The van der Waals surface area contributed by atoms with Crippen molar-refractivity contribution in [3.63, 3.8) is 0 Å². The third-order valence-electron chi connectivity index (χ3n) is 5.78. The monoisotopic (exact) mass is 430 g/mol. The number of anilines is 3. The van der Waals surface area contributed by atoms with Crippen LogP contribution >= 0.6 is 0 Å². The summed E-state index contributed by atoms with van der Waals surface area (Å²) in [6.07, 6.45) is 5.99. The third kappa shape index (κ3) is 4.67. The molecule has 2 aliphatic heterocycles. The molecule has 1 saturated heterocycles. The lowest BCUT2D eigenvalue weighted by molar-refractivity contribution is -0.125. The van der Waals surface area contributed by atoms with Gasteiger partial charge in [0.15, 0.2) is 5.82 Å². The molecule has 9 nitrogen and oxygen atoms in total. The highest BCUT2D eigenvalue weighted by Crippen LogP contribution is 2.23. The van der Waals surface area contributed by atoms with E-state index in [1.165, 1.54) is 6.33 Å². The molecule has 5 rings (SSSR count). The average molecular weight is 431 g/mol. The minimum atomic E-state index is -0.0777. The van der Waals surface area contributed by atoms with E-state index in [0.717, 1.165) is 55.0 Å². The van der Waals surface area contributed by atoms with Gasteiger partial charge in [0, 0.05) is 37.1 Å². The molecule has 164 valence electrons. The van der Waals surface area contributed by atoms with Gasteiger partial charge in [0.1, 0.15) is 12.1 Å². The Morgan fingerprint density at radius 3 is 2.91 bits per heavy atom. The van der Waals surface area contributed by atoms with E-state index in [-0.39, 0.29) is 11.9 Å². The highest BCUT2D eigenvalue weighted by atomic mass is 16.2. The number of benzene rings is 1. The first-order chi connectivity index (χ1) is 15.7. The van der Waals surface area contributed by atoms with Crippen LogP contribution in [-0.2, 0) is 11.3 Å². The molecule has 0 aliphatic carbocycles. The summed E-state index contributed by atoms with van der Waals surface area (Å²) in [7, 11) is 0. The zero-order valence-corrected chi connectivity index (χ0v) is 17.8. The molecule has 2 aliphatic rings. The quantitative estimate of drug-likeness (QED) is 0.499. The number of carbonyl (C=O) groups is 1. The van der Waals surface area contributed by atoms with Gasteiger partial charge in [0.2, 0.25) is 11.9 Å². The van der Waals surface area contributed by atoms with Gasteiger partial charge < -0.3 is 16.0 Å². The predicted octanol–water partition coefficient (Wildman–Crippen LogP) is 2.57. The Balaban J connectivity index is 1.45. The van der Waals surface area contributed by atoms with Crippen LogP contribution in [0.1, 0.15) is 24.8 Å². The molecule has 3 N–H and O–H groups in total. The molecule has 0 spiro atoms. The van der Waals surface area contributed by atoms with Gasteiger partial charge in [-0.05, 0) is 55.6 Å². The summed E-state index contributed by atoms with van der Waals surface area (Å²) in [5, 5.41) is 9.70. The molecule has 2 aromatic heterocycles. The highest BCUT2D eigenvalue weighted by Gasteiger charge is 2.30. The highest BCUT2D eigenvalue weighted by molar-refractivity contribution is 5.82. The number of carbonyl (C=O) groups excluding carboxylic acids is 1. The van der Waals surface area contributed by atoms with Crippen LogP contribution in [0.5, 0.6) is 0 Å². The number of pyridine rings is 1. The number of fused-ring (bicyclic) bond motifs is 8. The number of rotatable bonds is 0. The smallest absolute Gasteiger partial charge is 0.237 e. The van der Waals surface area contributed by atoms with Crippen molar-refractivity contribution in [1.82, 2.24) is 30.2 Å². The summed E-state index contributed by atoms with van der Waals surface area (Å²) < 4.78 is 0. The zero-order valence-electron chi connectivity index (χ0n) is 17.8. The van der Waals surface area contributed by atoms with Crippen LogP contribution in [0.2, 0.25) is 0 Å². The standard InChI is InChI=1S/C23H26N8O/c32-22-19-6-2-11-31(19)14-16-4-1-5-18(12-16)29-23-28-15-27-21(30-23)17-7-10-25-20(13-17)24-8-3-9-26-22/h1,4-5,7,10,12-13,15,19H,2-3,6,8-9,11,14H2,(H,24,25)(H,26,32)(H,27,28,29,30)/t19-/m0/s1. The molecule has 6 bridgehead atoms. The van der Waals surface area contributed by atoms with Gasteiger partial charge in [-0.1, -0.05) is 12.1 Å². The van der Waals surface area contributed by atoms with Gasteiger partial charge in [-0.2, -0.15) is 4.98 Å². The van der Waals surface area contributed by atoms with Gasteiger partial charge in [0.05, 0.1) is 6.04 Å². The van der Waals surface area contributed by atoms with Crippen molar-refractivity contribution in [2.45, 2.75) is 31.8 Å². The lowest BCUT2D eigenvalue weighted by atomic mass is 10.1. The number of amides is 1. The molecular weight excluding hydrogens is 404 g/mol. The summed E-state index contributed by atoms with van der Waals surface area (Å²) in [4.78, 5) is 32.6. The molecule has 1 amide bonds. The van der Waals surface area contributed by atoms with Crippen LogP contribution < -0.4 is 16.0 Å². The summed E-state index contributed by atoms with van der Waals surface area (Å²) in [6, 6.07) is 11.9. The summed E-state index contributed by atoms with van der Waals surface area (Å²) >= 11 is 0. The fourth-order valence-corrected chi connectivity index (χ4v) is 4.22. The zero-order chi connectivity index (χ0) is 21.8. The van der Waals surface area contributed by atoms with E-state index in [1.54, 1.807) is 6.20 Å². The number of aromatic nitrogens is 4. The number of nitrogens with zero attached hydrogens (tertiary/aromatic N) is 5. The Kier molecular flexibility index (Phi) is 5.89. The molecule has 3 aromatic rings. The van der Waals surface area contributed by atoms with E-state index in [2.05, 4.69) is 52.9 Å². The normalized spacial score (nSPS) is 19.4. The van der Waals surface area contributed by atoms with E-state index in [9.17, 15) is 4.79 Å². The lowest BCUT2D eigenvalue weighted by Gasteiger charge is -2.24. The number of hydrogen-bond acceptors (Lipinski definition) is 8. The van der Waals surface area contributed by atoms with Crippen LogP contribution in [0.4, 0.5) is 17.5 Å². The largest absolute Gasteiger partial charge is 0.370 e. The molecular formula is C23H26N8O. The van der Waals surface area contributed by atoms with Gasteiger partial charge in [-0.15, -0.1) is 0 Å². The molecule has 32 heavy (non-hydrogen) atoms. The van der Waals surface area contributed by atoms with Gasteiger partial charge in [0.25, 0.3) is 0 Å². The molecule has 0 unspecified atom stereocenters. The van der Waals surface area contributed by atoms with Gasteiger partial charge >= 0.3 is 0 Å². The molecule has 4 heterocycles. The fraction of sp³-hybridized carbons (Fsp3) is 0.348. The molecule has 0 saturated carbocycles. The van der Waals surface area contributed by atoms with Gasteiger partial charge in [-0.25, -0.2) is 15.0 Å². The van der Waals surface area contributed by atoms with Gasteiger partial charge in [-0.3, -0.25) is 9.69 Å². The minimum absolute atomic E-state index is 0.0777. The van der Waals surface area contributed by atoms with Crippen molar-refractivity contribution in [3.05, 3.63) is 54.5 Å². The second-order valence-electron chi connectivity index (χ2n) is 8.09. The van der Waals surface area contributed by atoms with Crippen molar-refractivity contribution in [1.29, 1.82) is 0 Å². The fourth-order valence-electron chi connectivity index (χ4n) is 4.22. The second-order valence-corrected chi connectivity index (χ2v) is 8.09.